The highest BCUT2D eigenvalue weighted by molar-refractivity contribution is 6.35. The molecule has 0 aromatic heterocycles. The van der Waals surface area contributed by atoms with Gasteiger partial charge in [-0.25, -0.2) is 0 Å². The molecule has 1 heterocycles. The summed E-state index contributed by atoms with van der Waals surface area (Å²) in [4.78, 5) is 12.6. The van der Waals surface area contributed by atoms with Crippen molar-refractivity contribution in [1.29, 1.82) is 0 Å². The van der Waals surface area contributed by atoms with Crippen molar-refractivity contribution in [2.75, 3.05) is 0 Å². The van der Waals surface area contributed by atoms with Crippen molar-refractivity contribution >= 4 is 29.0 Å². The quantitative estimate of drug-likeness (QED) is 0.704. The highest BCUT2D eigenvalue weighted by atomic mass is 35.5. The Kier molecular flexibility index (Phi) is 3.62. The van der Waals surface area contributed by atoms with Crippen molar-refractivity contribution in [2.45, 2.75) is 32.6 Å². The average molecular weight is 323 g/mol. The second-order valence-corrected chi connectivity index (χ2v) is 7.21. The van der Waals surface area contributed by atoms with E-state index in [1.54, 1.807) is 18.4 Å². The van der Waals surface area contributed by atoms with Crippen LogP contribution in [0.15, 0.2) is 41.9 Å². The van der Waals surface area contributed by atoms with E-state index in [1.165, 1.54) is 0 Å². The van der Waals surface area contributed by atoms with Crippen molar-refractivity contribution in [1.82, 2.24) is 0 Å². The van der Waals surface area contributed by atoms with Gasteiger partial charge in [0.1, 0.15) is 5.76 Å². The first kappa shape index (κ1) is 14.7. The van der Waals surface area contributed by atoms with Gasteiger partial charge in [-0.3, -0.25) is 4.79 Å². The third kappa shape index (κ3) is 2.75. The molecule has 1 unspecified atom stereocenters. The number of hydrogen-bond acceptors (Lipinski definition) is 2. The van der Waals surface area contributed by atoms with E-state index >= 15 is 0 Å². The van der Waals surface area contributed by atoms with E-state index in [2.05, 4.69) is 13.8 Å². The van der Waals surface area contributed by atoms with E-state index in [-0.39, 0.29) is 17.1 Å². The number of carbonyl (C=O) groups excluding carboxylic acids is 1. The number of allylic oxidation sites excluding steroid dienone is 3. The van der Waals surface area contributed by atoms with E-state index in [1.807, 2.05) is 12.1 Å². The lowest BCUT2D eigenvalue weighted by Gasteiger charge is -2.35. The molecule has 2 nitrogen and oxygen atoms in total. The Bertz CT molecular complexity index is 671. The van der Waals surface area contributed by atoms with Crippen LogP contribution in [-0.4, -0.2) is 5.78 Å². The summed E-state index contributed by atoms with van der Waals surface area (Å²) in [6.07, 6.45) is 4.83. The maximum Gasteiger partial charge on any atom is 0.163 e. The van der Waals surface area contributed by atoms with Crippen LogP contribution in [0.3, 0.4) is 0 Å². The van der Waals surface area contributed by atoms with E-state index in [0.29, 0.717) is 16.5 Å². The monoisotopic (exact) mass is 322 g/mol. The molecule has 110 valence electrons. The summed E-state index contributed by atoms with van der Waals surface area (Å²) in [6.45, 7) is 4.17. The molecule has 4 heteroatoms. The molecule has 21 heavy (non-hydrogen) atoms. The van der Waals surface area contributed by atoms with Crippen molar-refractivity contribution in [3.05, 3.63) is 57.5 Å². The predicted octanol–water partition coefficient (Wildman–Crippen LogP) is 5.26. The fourth-order valence-corrected chi connectivity index (χ4v) is 3.56. The Morgan fingerprint density at radius 1 is 1.24 bits per heavy atom. The molecule has 0 saturated heterocycles. The zero-order chi connectivity index (χ0) is 15.2. The maximum atomic E-state index is 12.6. The molecule has 3 rings (SSSR count). The zero-order valence-corrected chi connectivity index (χ0v) is 13.5. The minimum Gasteiger partial charge on any atom is -0.469 e. The van der Waals surface area contributed by atoms with Gasteiger partial charge in [0.2, 0.25) is 0 Å². The number of halogens is 2. The normalized spacial score (nSPS) is 23.8. The molecule has 1 aromatic carbocycles. The van der Waals surface area contributed by atoms with Crippen molar-refractivity contribution < 1.29 is 9.53 Å². The van der Waals surface area contributed by atoms with Crippen molar-refractivity contribution in [3.63, 3.8) is 0 Å². The molecule has 1 aromatic rings. The molecule has 1 aliphatic carbocycles. The largest absolute Gasteiger partial charge is 0.469 e. The molecule has 0 radical (unpaired) electrons. The van der Waals surface area contributed by atoms with Crippen LogP contribution >= 0.6 is 23.2 Å². The summed E-state index contributed by atoms with van der Waals surface area (Å²) < 4.78 is 5.61. The standard InChI is InChI=1S/C17H16Cl2O2/c1-17(2)8-14(20)16-12(5-6-21-15(16)9-17)11-4-3-10(18)7-13(11)19/h3-7,12H,8-9H2,1-2H3. The summed E-state index contributed by atoms with van der Waals surface area (Å²) in [7, 11) is 0. The number of carbonyl (C=O) groups is 1. The highest BCUT2D eigenvalue weighted by Gasteiger charge is 2.38. The van der Waals surface area contributed by atoms with Crippen LogP contribution in [0, 0.1) is 5.41 Å². The Morgan fingerprint density at radius 2 is 2.00 bits per heavy atom. The molecule has 0 fully saturated rings. The first-order valence-corrected chi connectivity index (χ1v) is 7.67. The predicted molar refractivity (Wildman–Crippen MR) is 84.5 cm³/mol. The lowest BCUT2D eigenvalue weighted by molar-refractivity contribution is -0.118. The second kappa shape index (κ2) is 5.19. The van der Waals surface area contributed by atoms with Gasteiger partial charge in [0.05, 0.1) is 6.26 Å². The number of ether oxygens (including phenoxy) is 1. The molecule has 0 amide bonds. The molecule has 0 bridgehead atoms. The number of ketones is 1. The second-order valence-electron chi connectivity index (χ2n) is 6.37. The van der Waals surface area contributed by atoms with E-state index in [9.17, 15) is 4.79 Å². The molecule has 1 aliphatic heterocycles. The Balaban J connectivity index is 2.07. The van der Waals surface area contributed by atoms with Crippen LogP contribution in [0.25, 0.3) is 0 Å². The van der Waals surface area contributed by atoms with E-state index in [0.717, 1.165) is 23.3 Å². The van der Waals surface area contributed by atoms with Crippen LogP contribution in [0.1, 0.15) is 38.2 Å². The SMILES string of the molecule is CC1(C)CC(=O)C2=C(C1)OC=CC2c1ccc(Cl)cc1Cl. The van der Waals surface area contributed by atoms with Gasteiger partial charge in [0, 0.05) is 34.4 Å². The van der Waals surface area contributed by atoms with Gasteiger partial charge in [0.15, 0.2) is 5.78 Å². The fraction of sp³-hybridized carbons (Fsp3) is 0.353. The van der Waals surface area contributed by atoms with Crippen LogP contribution in [0.5, 0.6) is 0 Å². The first-order valence-electron chi connectivity index (χ1n) is 6.92. The van der Waals surface area contributed by atoms with Gasteiger partial charge in [-0.15, -0.1) is 0 Å². The molecule has 0 N–H and O–H groups in total. The van der Waals surface area contributed by atoms with Gasteiger partial charge in [0.25, 0.3) is 0 Å². The molecule has 1 atom stereocenters. The van der Waals surface area contributed by atoms with Crippen LogP contribution < -0.4 is 0 Å². The third-order valence-electron chi connectivity index (χ3n) is 3.97. The number of rotatable bonds is 1. The van der Waals surface area contributed by atoms with Crippen LogP contribution in [0.2, 0.25) is 10.0 Å². The summed E-state index contributed by atoms with van der Waals surface area (Å²) in [5.41, 5.74) is 1.57. The van der Waals surface area contributed by atoms with Crippen LogP contribution in [0.4, 0.5) is 0 Å². The first-order chi connectivity index (χ1) is 9.87. The molecular weight excluding hydrogens is 307 g/mol. The molecular formula is C17H16Cl2O2. The summed E-state index contributed by atoms with van der Waals surface area (Å²) in [5, 5.41) is 1.16. The fourth-order valence-electron chi connectivity index (χ4n) is 3.04. The Hall–Kier alpha value is -1.25. The highest BCUT2D eigenvalue weighted by Crippen LogP contribution is 2.45. The summed E-state index contributed by atoms with van der Waals surface area (Å²) >= 11 is 12.3. The van der Waals surface area contributed by atoms with Gasteiger partial charge in [-0.2, -0.15) is 0 Å². The lowest BCUT2D eigenvalue weighted by atomic mass is 9.72. The number of hydrogen-bond donors (Lipinski definition) is 0. The van der Waals surface area contributed by atoms with E-state index in [4.69, 9.17) is 27.9 Å². The summed E-state index contributed by atoms with van der Waals surface area (Å²) in [5.74, 6) is 0.762. The third-order valence-corrected chi connectivity index (χ3v) is 4.53. The van der Waals surface area contributed by atoms with Gasteiger partial charge in [-0.05, 0) is 29.2 Å². The van der Waals surface area contributed by atoms with Gasteiger partial charge in [-0.1, -0.05) is 43.1 Å². The Morgan fingerprint density at radius 3 is 2.71 bits per heavy atom. The summed E-state index contributed by atoms with van der Waals surface area (Å²) in [6, 6.07) is 5.38. The zero-order valence-electron chi connectivity index (χ0n) is 12.0. The van der Waals surface area contributed by atoms with Gasteiger partial charge >= 0.3 is 0 Å². The number of Topliss-reactive ketones (excluding diaryl/α,β-unsaturated/α-hetero) is 1. The van der Waals surface area contributed by atoms with E-state index < -0.39 is 0 Å². The van der Waals surface area contributed by atoms with Crippen LogP contribution in [-0.2, 0) is 9.53 Å². The topological polar surface area (TPSA) is 26.3 Å². The van der Waals surface area contributed by atoms with Crippen molar-refractivity contribution in [3.8, 4) is 0 Å². The van der Waals surface area contributed by atoms with Gasteiger partial charge < -0.3 is 4.74 Å². The molecule has 0 saturated carbocycles. The minimum absolute atomic E-state index is 0.0601. The molecule has 2 aliphatic rings. The smallest absolute Gasteiger partial charge is 0.163 e. The number of benzene rings is 1. The maximum absolute atomic E-state index is 12.6. The van der Waals surface area contributed by atoms with Crippen molar-refractivity contribution in [2.24, 2.45) is 5.41 Å². The average Bonchev–Trinajstić information content (AvgIpc) is 2.36. The molecule has 0 spiro atoms. The lowest BCUT2D eigenvalue weighted by Crippen LogP contribution is -2.29. The minimum atomic E-state index is -0.151. The Labute approximate surface area is 134 Å².